The molecule has 1 unspecified atom stereocenters. The first-order valence-corrected chi connectivity index (χ1v) is 5.70. The van der Waals surface area contributed by atoms with Crippen molar-refractivity contribution in [3.8, 4) is 0 Å². The second kappa shape index (κ2) is 5.85. The third-order valence-corrected chi connectivity index (χ3v) is 3.35. The van der Waals surface area contributed by atoms with Gasteiger partial charge in [-0.2, -0.15) is 4.98 Å². The lowest BCUT2D eigenvalue weighted by molar-refractivity contribution is -0.121. The molecule has 1 heterocycles. The van der Waals surface area contributed by atoms with Crippen LogP contribution >= 0.6 is 15.9 Å². The molecule has 1 N–H and O–H groups in total. The van der Waals surface area contributed by atoms with Crippen molar-refractivity contribution in [2.45, 2.75) is 25.1 Å². The predicted octanol–water partition coefficient (Wildman–Crippen LogP) is 1.15. The summed E-state index contributed by atoms with van der Waals surface area (Å²) in [6, 6.07) is 0. The quantitative estimate of drug-likeness (QED) is 0.819. The number of halogens is 1. The molecule has 0 aliphatic rings. The summed E-state index contributed by atoms with van der Waals surface area (Å²) in [5, 5.41) is 6.26. The molecule has 1 amide bonds. The van der Waals surface area contributed by atoms with E-state index < -0.39 is 0 Å². The molecule has 0 saturated carbocycles. The number of aromatic nitrogens is 2. The van der Waals surface area contributed by atoms with E-state index in [1.807, 2.05) is 13.8 Å². The zero-order valence-electron chi connectivity index (χ0n) is 8.74. The number of nitrogens with zero attached hydrogens (tertiary/aromatic N) is 2. The van der Waals surface area contributed by atoms with Gasteiger partial charge in [0.15, 0.2) is 6.33 Å². The summed E-state index contributed by atoms with van der Waals surface area (Å²) >= 11 is 3.32. The fraction of sp³-hybridized carbons (Fsp3) is 0.667. The largest absolute Gasteiger partial charge is 0.355 e. The van der Waals surface area contributed by atoms with Gasteiger partial charge in [0.1, 0.15) is 0 Å². The maximum Gasteiger partial charge on any atom is 0.234 e. The molecular formula is C9H14BrN3O2. The van der Waals surface area contributed by atoms with Crippen molar-refractivity contribution in [1.82, 2.24) is 15.5 Å². The summed E-state index contributed by atoms with van der Waals surface area (Å²) in [7, 11) is 0. The van der Waals surface area contributed by atoms with E-state index in [2.05, 4.69) is 31.4 Å². The summed E-state index contributed by atoms with van der Waals surface area (Å²) < 4.78 is 4.80. The van der Waals surface area contributed by atoms with E-state index >= 15 is 0 Å². The number of nitrogens with one attached hydrogen (secondary N) is 1. The van der Waals surface area contributed by atoms with Gasteiger partial charge in [-0.15, -0.1) is 0 Å². The van der Waals surface area contributed by atoms with E-state index in [1.165, 1.54) is 6.33 Å². The van der Waals surface area contributed by atoms with Gasteiger partial charge in [-0.3, -0.25) is 4.79 Å². The highest BCUT2D eigenvalue weighted by atomic mass is 79.9. The molecule has 1 aromatic heterocycles. The first-order chi connectivity index (χ1) is 7.11. The Morgan fingerprint density at radius 2 is 2.40 bits per heavy atom. The molecule has 1 rings (SSSR count). The Morgan fingerprint density at radius 3 is 2.93 bits per heavy atom. The summed E-state index contributed by atoms with van der Waals surface area (Å²) in [4.78, 5) is 15.2. The van der Waals surface area contributed by atoms with Gasteiger partial charge >= 0.3 is 0 Å². The lowest BCUT2D eigenvalue weighted by Gasteiger charge is -2.12. The molecular weight excluding hydrogens is 262 g/mol. The van der Waals surface area contributed by atoms with Crippen LogP contribution in [0.25, 0.3) is 0 Å². The topological polar surface area (TPSA) is 68.0 Å². The van der Waals surface area contributed by atoms with Gasteiger partial charge in [0.05, 0.1) is 4.83 Å². The lowest BCUT2D eigenvalue weighted by atomic mass is 10.1. The van der Waals surface area contributed by atoms with Crippen LogP contribution in [0.15, 0.2) is 10.9 Å². The second-order valence-corrected chi connectivity index (χ2v) is 4.51. The molecule has 84 valence electrons. The molecule has 0 fully saturated rings. The number of amides is 1. The van der Waals surface area contributed by atoms with Crippen LogP contribution in [0.2, 0.25) is 0 Å². The Kier molecular flexibility index (Phi) is 4.74. The fourth-order valence-corrected chi connectivity index (χ4v) is 1.16. The van der Waals surface area contributed by atoms with Crippen molar-refractivity contribution in [3.05, 3.63) is 12.2 Å². The van der Waals surface area contributed by atoms with Crippen molar-refractivity contribution in [2.24, 2.45) is 5.92 Å². The summed E-state index contributed by atoms with van der Waals surface area (Å²) in [5.74, 6) is 0.795. The van der Waals surface area contributed by atoms with Gasteiger partial charge in [-0.1, -0.05) is 34.9 Å². The maximum atomic E-state index is 11.5. The number of hydrogen-bond donors (Lipinski definition) is 1. The van der Waals surface area contributed by atoms with Crippen LogP contribution in [0.1, 0.15) is 19.7 Å². The van der Waals surface area contributed by atoms with Crippen LogP contribution in [-0.2, 0) is 11.2 Å². The van der Waals surface area contributed by atoms with Crippen molar-refractivity contribution >= 4 is 21.8 Å². The molecule has 0 aromatic carbocycles. The first-order valence-electron chi connectivity index (χ1n) is 4.78. The Labute approximate surface area is 96.7 Å². The Hall–Kier alpha value is -0.910. The number of carbonyl (C=O) groups excluding carboxylic acids is 1. The number of hydrogen-bond acceptors (Lipinski definition) is 4. The van der Waals surface area contributed by atoms with Crippen molar-refractivity contribution in [2.75, 3.05) is 6.54 Å². The minimum atomic E-state index is -0.153. The molecule has 0 radical (unpaired) electrons. The molecule has 0 aliphatic carbocycles. The minimum absolute atomic E-state index is 0.00971. The molecule has 0 saturated heterocycles. The average molecular weight is 276 g/mol. The van der Waals surface area contributed by atoms with Crippen molar-refractivity contribution in [3.63, 3.8) is 0 Å². The SMILES string of the molecule is CC(C)C(Br)C(=O)NCCc1ncno1. The Balaban J connectivity index is 2.23. The van der Waals surface area contributed by atoms with E-state index in [0.717, 1.165) is 0 Å². The van der Waals surface area contributed by atoms with Gasteiger partial charge in [0.2, 0.25) is 11.8 Å². The highest BCUT2D eigenvalue weighted by molar-refractivity contribution is 9.10. The second-order valence-electron chi connectivity index (χ2n) is 3.52. The molecule has 0 spiro atoms. The molecule has 0 aliphatic heterocycles. The standard InChI is InChI=1S/C9H14BrN3O2/c1-6(2)8(10)9(14)11-4-3-7-12-5-13-15-7/h5-6,8H,3-4H2,1-2H3,(H,11,14). The Bertz CT molecular complexity index is 300. The van der Waals surface area contributed by atoms with Gasteiger partial charge < -0.3 is 9.84 Å². The third kappa shape index (κ3) is 3.99. The van der Waals surface area contributed by atoms with Crippen LogP contribution in [0.5, 0.6) is 0 Å². The van der Waals surface area contributed by atoms with Gasteiger partial charge in [-0.05, 0) is 5.92 Å². The minimum Gasteiger partial charge on any atom is -0.355 e. The monoisotopic (exact) mass is 275 g/mol. The Morgan fingerprint density at radius 1 is 1.67 bits per heavy atom. The van der Waals surface area contributed by atoms with E-state index in [-0.39, 0.29) is 16.7 Å². The molecule has 1 aromatic rings. The molecule has 5 nitrogen and oxygen atoms in total. The molecule has 1 atom stereocenters. The zero-order chi connectivity index (χ0) is 11.3. The van der Waals surface area contributed by atoms with E-state index in [0.29, 0.717) is 18.9 Å². The van der Waals surface area contributed by atoms with Crippen LogP contribution in [0, 0.1) is 5.92 Å². The fourth-order valence-electron chi connectivity index (χ4n) is 0.999. The molecule has 6 heteroatoms. The lowest BCUT2D eigenvalue weighted by Crippen LogP contribution is -2.35. The summed E-state index contributed by atoms with van der Waals surface area (Å²) in [6.07, 6.45) is 1.90. The first kappa shape index (κ1) is 12.2. The van der Waals surface area contributed by atoms with Gasteiger partial charge in [0.25, 0.3) is 0 Å². The van der Waals surface area contributed by atoms with Gasteiger partial charge in [-0.25, -0.2) is 0 Å². The smallest absolute Gasteiger partial charge is 0.234 e. The van der Waals surface area contributed by atoms with E-state index in [4.69, 9.17) is 4.52 Å². The van der Waals surface area contributed by atoms with Crippen LogP contribution in [0.4, 0.5) is 0 Å². The highest BCUT2D eigenvalue weighted by Gasteiger charge is 2.17. The number of rotatable bonds is 5. The number of carbonyl (C=O) groups is 1. The summed E-state index contributed by atoms with van der Waals surface area (Å²) in [6.45, 7) is 4.48. The summed E-state index contributed by atoms with van der Waals surface area (Å²) in [5.41, 5.74) is 0. The number of alkyl halides is 1. The molecule has 15 heavy (non-hydrogen) atoms. The third-order valence-electron chi connectivity index (χ3n) is 1.88. The van der Waals surface area contributed by atoms with Crippen molar-refractivity contribution < 1.29 is 9.32 Å². The maximum absolute atomic E-state index is 11.5. The van der Waals surface area contributed by atoms with Crippen molar-refractivity contribution in [1.29, 1.82) is 0 Å². The predicted molar refractivity (Wildman–Crippen MR) is 58.6 cm³/mol. The van der Waals surface area contributed by atoms with Crippen LogP contribution < -0.4 is 5.32 Å². The normalized spacial score (nSPS) is 12.8. The van der Waals surface area contributed by atoms with Crippen LogP contribution in [-0.4, -0.2) is 27.4 Å². The van der Waals surface area contributed by atoms with Crippen LogP contribution in [0.3, 0.4) is 0 Å². The van der Waals surface area contributed by atoms with E-state index in [1.54, 1.807) is 0 Å². The zero-order valence-corrected chi connectivity index (χ0v) is 10.3. The molecule has 0 bridgehead atoms. The highest BCUT2D eigenvalue weighted by Crippen LogP contribution is 2.11. The van der Waals surface area contributed by atoms with E-state index in [9.17, 15) is 4.79 Å². The van der Waals surface area contributed by atoms with Gasteiger partial charge in [0, 0.05) is 13.0 Å². The average Bonchev–Trinajstić information content (AvgIpc) is 2.69.